The number of thiol groups is 1. The van der Waals surface area contributed by atoms with Gasteiger partial charge >= 0.3 is 0 Å². The second-order valence-electron chi connectivity index (χ2n) is 3.29. The molecule has 2 atom stereocenters. The third-order valence-corrected chi connectivity index (χ3v) is 2.66. The molecule has 0 aromatic carbocycles. The fourth-order valence-electron chi connectivity index (χ4n) is 1.55. The Morgan fingerprint density at radius 3 is 2.60 bits per heavy atom. The molecule has 1 aliphatic rings. The highest BCUT2D eigenvalue weighted by Crippen LogP contribution is 2.19. The van der Waals surface area contributed by atoms with Crippen molar-refractivity contribution in [2.75, 3.05) is 0 Å². The third kappa shape index (κ3) is 2.93. The molecule has 0 spiro atoms. The Labute approximate surface area is 68.8 Å². The normalized spacial score (nSPS) is 36.6. The topological polar surface area (TPSA) is 26.0 Å². The van der Waals surface area contributed by atoms with Gasteiger partial charge in [0.1, 0.15) is 0 Å². The average Bonchev–Trinajstić information content (AvgIpc) is 1.83. The first-order chi connectivity index (χ1) is 4.79. The van der Waals surface area contributed by atoms with Gasteiger partial charge in [-0.3, -0.25) is 0 Å². The fourth-order valence-corrected chi connectivity index (χ4v) is 2.00. The Bertz CT molecular complexity index is 85.3. The molecule has 2 heteroatoms. The summed E-state index contributed by atoms with van der Waals surface area (Å²) in [5.41, 5.74) is 5.85. The molecule has 10 heavy (non-hydrogen) atoms. The highest BCUT2D eigenvalue weighted by Gasteiger charge is 2.12. The molecule has 0 aromatic heterocycles. The van der Waals surface area contributed by atoms with Gasteiger partial charge in [-0.1, -0.05) is 19.3 Å². The highest BCUT2D eigenvalue weighted by molar-refractivity contribution is 7.80. The highest BCUT2D eigenvalue weighted by atomic mass is 32.1. The molecule has 0 radical (unpaired) electrons. The van der Waals surface area contributed by atoms with Crippen LogP contribution in [-0.2, 0) is 0 Å². The van der Waals surface area contributed by atoms with Crippen molar-refractivity contribution in [3.63, 3.8) is 0 Å². The van der Waals surface area contributed by atoms with E-state index in [9.17, 15) is 0 Å². The van der Waals surface area contributed by atoms with E-state index in [1.54, 1.807) is 0 Å². The molecule has 60 valence electrons. The van der Waals surface area contributed by atoms with Crippen LogP contribution in [0, 0.1) is 0 Å². The summed E-state index contributed by atoms with van der Waals surface area (Å²) in [6.07, 6.45) is 7.60. The molecule has 1 saturated carbocycles. The number of hydrogen-bond donors (Lipinski definition) is 2. The molecule has 2 unspecified atom stereocenters. The van der Waals surface area contributed by atoms with Crippen LogP contribution in [0.15, 0.2) is 0 Å². The van der Waals surface area contributed by atoms with Gasteiger partial charge in [-0.25, -0.2) is 0 Å². The number of rotatable bonds is 0. The van der Waals surface area contributed by atoms with Crippen molar-refractivity contribution in [2.45, 2.75) is 49.8 Å². The molecule has 0 amide bonds. The second kappa shape index (κ2) is 4.24. The molecule has 0 heterocycles. The summed E-state index contributed by atoms with van der Waals surface area (Å²) in [5, 5.41) is 0.565. The van der Waals surface area contributed by atoms with Crippen LogP contribution >= 0.6 is 12.6 Å². The smallest absolute Gasteiger partial charge is 0.00492 e. The van der Waals surface area contributed by atoms with Gasteiger partial charge in [0, 0.05) is 11.3 Å². The molecule has 0 aromatic rings. The molecular weight excluding hydrogens is 142 g/mol. The summed E-state index contributed by atoms with van der Waals surface area (Å²) in [6.45, 7) is 0. The molecular formula is C8H17NS. The van der Waals surface area contributed by atoms with Gasteiger partial charge in [0.2, 0.25) is 0 Å². The standard InChI is InChI=1S/C8H17NS/c9-7-4-2-1-3-5-8(10)6-7/h7-8,10H,1-6,9H2. The summed E-state index contributed by atoms with van der Waals surface area (Å²) in [6, 6.07) is 0.419. The minimum absolute atomic E-state index is 0.419. The lowest BCUT2D eigenvalue weighted by Gasteiger charge is -2.19. The predicted molar refractivity (Wildman–Crippen MR) is 48.5 cm³/mol. The SMILES string of the molecule is NC1CCCCCC(S)C1. The van der Waals surface area contributed by atoms with E-state index in [2.05, 4.69) is 12.6 Å². The Morgan fingerprint density at radius 1 is 1.10 bits per heavy atom. The molecule has 1 fully saturated rings. The van der Waals surface area contributed by atoms with Crippen molar-refractivity contribution in [1.82, 2.24) is 0 Å². The van der Waals surface area contributed by atoms with E-state index in [1.807, 2.05) is 0 Å². The summed E-state index contributed by atoms with van der Waals surface area (Å²) >= 11 is 4.46. The monoisotopic (exact) mass is 159 g/mol. The molecule has 1 rings (SSSR count). The maximum absolute atomic E-state index is 5.85. The van der Waals surface area contributed by atoms with Crippen molar-refractivity contribution >= 4 is 12.6 Å². The minimum atomic E-state index is 0.419. The first kappa shape index (κ1) is 8.41. The fraction of sp³-hybridized carbons (Fsp3) is 1.00. The van der Waals surface area contributed by atoms with Gasteiger partial charge in [0.05, 0.1) is 0 Å². The van der Waals surface area contributed by atoms with Gasteiger partial charge in [-0.2, -0.15) is 12.6 Å². The zero-order valence-electron chi connectivity index (χ0n) is 6.42. The quantitative estimate of drug-likeness (QED) is 0.519. The summed E-state index contributed by atoms with van der Waals surface area (Å²) < 4.78 is 0. The van der Waals surface area contributed by atoms with Crippen LogP contribution in [0.5, 0.6) is 0 Å². The maximum atomic E-state index is 5.85. The van der Waals surface area contributed by atoms with Gasteiger partial charge in [-0.05, 0) is 19.3 Å². The van der Waals surface area contributed by atoms with E-state index in [4.69, 9.17) is 5.73 Å². The molecule has 2 N–H and O–H groups in total. The van der Waals surface area contributed by atoms with Crippen LogP contribution in [0.2, 0.25) is 0 Å². The lowest BCUT2D eigenvalue weighted by Crippen LogP contribution is -2.25. The van der Waals surface area contributed by atoms with E-state index in [1.165, 1.54) is 32.1 Å². The number of hydrogen-bond acceptors (Lipinski definition) is 2. The van der Waals surface area contributed by atoms with E-state index < -0.39 is 0 Å². The van der Waals surface area contributed by atoms with E-state index in [0.29, 0.717) is 11.3 Å². The Morgan fingerprint density at radius 2 is 1.80 bits per heavy atom. The predicted octanol–water partition coefficient (Wildman–Crippen LogP) is 1.97. The van der Waals surface area contributed by atoms with Crippen molar-refractivity contribution in [3.8, 4) is 0 Å². The zero-order chi connectivity index (χ0) is 7.40. The maximum Gasteiger partial charge on any atom is 0.00492 e. The Hall–Kier alpha value is 0.310. The van der Waals surface area contributed by atoms with Crippen LogP contribution in [-0.4, -0.2) is 11.3 Å². The molecule has 0 aliphatic heterocycles. The van der Waals surface area contributed by atoms with Gasteiger partial charge in [0.15, 0.2) is 0 Å². The zero-order valence-corrected chi connectivity index (χ0v) is 7.32. The van der Waals surface area contributed by atoms with Crippen molar-refractivity contribution < 1.29 is 0 Å². The van der Waals surface area contributed by atoms with Gasteiger partial charge in [0.25, 0.3) is 0 Å². The van der Waals surface area contributed by atoms with E-state index in [-0.39, 0.29) is 0 Å². The van der Waals surface area contributed by atoms with E-state index >= 15 is 0 Å². The van der Waals surface area contributed by atoms with E-state index in [0.717, 1.165) is 6.42 Å². The molecule has 0 bridgehead atoms. The van der Waals surface area contributed by atoms with Gasteiger partial charge in [-0.15, -0.1) is 0 Å². The first-order valence-electron chi connectivity index (χ1n) is 4.22. The van der Waals surface area contributed by atoms with Crippen LogP contribution in [0.3, 0.4) is 0 Å². The Kier molecular flexibility index (Phi) is 3.57. The average molecular weight is 159 g/mol. The summed E-state index contributed by atoms with van der Waals surface area (Å²) in [4.78, 5) is 0. The first-order valence-corrected chi connectivity index (χ1v) is 4.74. The number of nitrogens with two attached hydrogens (primary N) is 1. The summed E-state index contributed by atoms with van der Waals surface area (Å²) in [5.74, 6) is 0. The molecule has 0 saturated heterocycles. The lowest BCUT2D eigenvalue weighted by molar-refractivity contribution is 0.462. The van der Waals surface area contributed by atoms with Crippen LogP contribution in [0.25, 0.3) is 0 Å². The van der Waals surface area contributed by atoms with Crippen LogP contribution in [0.4, 0.5) is 0 Å². The van der Waals surface area contributed by atoms with Crippen molar-refractivity contribution in [2.24, 2.45) is 5.73 Å². The second-order valence-corrected chi connectivity index (χ2v) is 4.02. The largest absolute Gasteiger partial charge is 0.328 e. The minimum Gasteiger partial charge on any atom is -0.328 e. The molecule has 1 nitrogen and oxygen atoms in total. The Balaban J connectivity index is 2.25. The lowest BCUT2D eigenvalue weighted by atomic mass is 9.97. The molecule has 1 aliphatic carbocycles. The van der Waals surface area contributed by atoms with Crippen LogP contribution in [0.1, 0.15) is 38.5 Å². The third-order valence-electron chi connectivity index (χ3n) is 2.19. The van der Waals surface area contributed by atoms with Crippen molar-refractivity contribution in [1.29, 1.82) is 0 Å². The van der Waals surface area contributed by atoms with Gasteiger partial charge < -0.3 is 5.73 Å². The van der Waals surface area contributed by atoms with Crippen LogP contribution < -0.4 is 5.73 Å². The van der Waals surface area contributed by atoms with Crippen molar-refractivity contribution in [3.05, 3.63) is 0 Å². The summed E-state index contributed by atoms with van der Waals surface area (Å²) in [7, 11) is 0.